The number of hydrogen-bond acceptors (Lipinski definition) is 4. The lowest BCUT2D eigenvalue weighted by molar-refractivity contribution is 0.0705. The zero-order valence-corrected chi connectivity index (χ0v) is 14.1. The van der Waals surface area contributed by atoms with Gasteiger partial charge in [0.25, 0.3) is 5.91 Å². The number of piperidine rings is 1. The van der Waals surface area contributed by atoms with Crippen LogP contribution in [0.2, 0.25) is 0 Å². The largest absolute Gasteiger partial charge is 0.338 e. The molecule has 4 heterocycles. The molecule has 0 aliphatic carbocycles. The number of nitrogens with zero attached hydrogens (tertiary/aromatic N) is 5. The Morgan fingerprint density at radius 3 is 3.04 bits per heavy atom. The molecule has 1 atom stereocenters. The highest BCUT2D eigenvalue weighted by Crippen LogP contribution is 2.27. The van der Waals surface area contributed by atoms with Crippen LogP contribution >= 0.6 is 0 Å². The summed E-state index contributed by atoms with van der Waals surface area (Å²) in [6.45, 7) is 3.34. The maximum atomic E-state index is 12.7. The van der Waals surface area contributed by atoms with E-state index in [1.165, 1.54) is 0 Å². The number of pyridine rings is 1. The lowest BCUT2D eigenvalue weighted by Gasteiger charge is -2.32. The monoisotopic (exact) mass is 336 g/mol. The van der Waals surface area contributed by atoms with Gasteiger partial charge in [0.2, 0.25) is 0 Å². The van der Waals surface area contributed by atoms with E-state index < -0.39 is 0 Å². The number of hydrogen-bond donors (Lipinski definition) is 1. The van der Waals surface area contributed by atoms with Gasteiger partial charge in [0.1, 0.15) is 12.1 Å². The minimum atomic E-state index is 0.0433. The summed E-state index contributed by atoms with van der Waals surface area (Å²) < 4.78 is 1.89. The van der Waals surface area contributed by atoms with Gasteiger partial charge < -0.3 is 4.90 Å². The molecule has 3 aromatic rings. The van der Waals surface area contributed by atoms with Gasteiger partial charge >= 0.3 is 0 Å². The fourth-order valence-electron chi connectivity index (χ4n) is 3.35. The van der Waals surface area contributed by atoms with E-state index in [0.29, 0.717) is 12.1 Å². The summed E-state index contributed by atoms with van der Waals surface area (Å²) in [6, 6.07) is 6.02. The average molecular weight is 336 g/mol. The number of likely N-dealkylation sites (tertiary alicyclic amines) is 1. The van der Waals surface area contributed by atoms with Crippen LogP contribution in [0.4, 0.5) is 0 Å². The molecule has 1 aliphatic heterocycles. The van der Waals surface area contributed by atoms with Gasteiger partial charge in [0.15, 0.2) is 0 Å². The summed E-state index contributed by atoms with van der Waals surface area (Å²) in [4.78, 5) is 23.5. The van der Waals surface area contributed by atoms with Crippen LogP contribution in [0.1, 0.15) is 40.5 Å². The fraction of sp³-hybridized carbons (Fsp3) is 0.333. The number of H-pyrrole nitrogens is 1. The molecule has 7 nitrogen and oxygen atoms in total. The minimum Gasteiger partial charge on any atom is -0.338 e. The van der Waals surface area contributed by atoms with Gasteiger partial charge in [-0.25, -0.2) is 9.97 Å². The van der Waals surface area contributed by atoms with Crippen molar-refractivity contribution in [1.82, 2.24) is 29.6 Å². The van der Waals surface area contributed by atoms with Crippen molar-refractivity contribution in [2.75, 3.05) is 13.1 Å². The average Bonchev–Trinajstić information content (AvgIpc) is 3.33. The molecule has 0 saturated carbocycles. The summed E-state index contributed by atoms with van der Waals surface area (Å²) in [7, 11) is 0. The second-order valence-corrected chi connectivity index (χ2v) is 6.39. The summed E-state index contributed by atoms with van der Waals surface area (Å²) in [5.41, 5.74) is 2.49. The number of aromatic nitrogens is 5. The number of carbonyl (C=O) groups excluding carboxylic acids is 1. The first kappa shape index (κ1) is 15.6. The molecule has 1 aliphatic rings. The van der Waals surface area contributed by atoms with Gasteiger partial charge in [0, 0.05) is 42.8 Å². The normalized spacial score (nSPS) is 17.6. The van der Waals surface area contributed by atoms with Crippen molar-refractivity contribution in [1.29, 1.82) is 0 Å². The van der Waals surface area contributed by atoms with Gasteiger partial charge in [-0.3, -0.25) is 14.5 Å². The molecule has 1 saturated heterocycles. The Morgan fingerprint density at radius 1 is 1.36 bits per heavy atom. The maximum Gasteiger partial charge on any atom is 0.257 e. The van der Waals surface area contributed by atoms with E-state index in [2.05, 4.69) is 15.2 Å². The Hall–Kier alpha value is -2.96. The number of aromatic amines is 1. The number of nitrogens with one attached hydrogen (secondary N) is 1. The van der Waals surface area contributed by atoms with Crippen LogP contribution in [0.3, 0.4) is 0 Å². The lowest BCUT2D eigenvalue weighted by atomic mass is 9.94. The third kappa shape index (κ3) is 3.05. The third-order valence-corrected chi connectivity index (χ3v) is 4.71. The van der Waals surface area contributed by atoms with Crippen LogP contribution in [0.25, 0.3) is 5.82 Å². The Morgan fingerprint density at radius 2 is 2.28 bits per heavy atom. The molecule has 1 amide bonds. The number of aryl methyl sites for hydroxylation is 1. The van der Waals surface area contributed by atoms with E-state index in [1.807, 2.05) is 40.8 Å². The van der Waals surface area contributed by atoms with Crippen molar-refractivity contribution in [3.63, 3.8) is 0 Å². The molecule has 0 radical (unpaired) electrons. The van der Waals surface area contributed by atoms with E-state index in [-0.39, 0.29) is 11.8 Å². The molecule has 1 N–H and O–H groups in total. The van der Waals surface area contributed by atoms with E-state index >= 15 is 0 Å². The zero-order valence-electron chi connectivity index (χ0n) is 14.1. The second-order valence-electron chi connectivity index (χ2n) is 6.39. The van der Waals surface area contributed by atoms with E-state index in [1.54, 1.807) is 18.7 Å². The molecule has 25 heavy (non-hydrogen) atoms. The van der Waals surface area contributed by atoms with E-state index in [9.17, 15) is 4.79 Å². The van der Waals surface area contributed by atoms with Crippen molar-refractivity contribution in [2.24, 2.45) is 0 Å². The maximum absolute atomic E-state index is 12.7. The van der Waals surface area contributed by atoms with Gasteiger partial charge in [-0.05, 0) is 31.9 Å². The standard InChI is InChI=1S/C18H20N6O/c1-13-15(10-20-22-13)18(25)23-8-3-4-14(11-23)16-5-2-6-17(21-16)24-9-7-19-12-24/h2,5-7,9-10,12,14H,3-4,8,11H2,1H3,(H,20,22). The van der Waals surface area contributed by atoms with Crippen LogP contribution in [0, 0.1) is 6.92 Å². The molecule has 0 bridgehead atoms. The second kappa shape index (κ2) is 6.51. The van der Waals surface area contributed by atoms with Crippen molar-refractivity contribution in [3.8, 4) is 5.82 Å². The van der Waals surface area contributed by atoms with Crippen LogP contribution in [-0.4, -0.2) is 48.6 Å². The molecule has 1 unspecified atom stereocenters. The van der Waals surface area contributed by atoms with Crippen LogP contribution in [-0.2, 0) is 0 Å². The number of amides is 1. The van der Waals surface area contributed by atoms with E-state index in [4.69, 9.17) is 4.98 Å². The minimum absolute atomic E-state index is 0.0433. The molecule has 7 heteroatoms. The molecule has 0 aromatic carbocycles. The summed E-state index contributed by atoms with van der Waals surface area (Å²) in [5, 5.41) is 6.80. The van der Waals surface area contributed by atoms with Crippen molar-refractivity contribution in [2.45, 2.75) is 25.7 Å². The van der Waals surface area contributed by atoms with Crippen LogP contribution in [0.5, 0.6) is 0 Å². The highest BCUT2D eigenvalue weighted by molar-refractivity contribution is 5.95. The van der Waals surface area contributed by atoms with Crippen LogP contribution < -0.4 is 0 Å². The number of rotatable bonds is 3. The lowest BCUT2D eigenvalue weighted by Crippen LogP contribution is -2.39. The van der Waals surface area contributed by atoms with Crippen molar-refractivity contribution >= 4 is 5.91 Å². The molecule has 0 spiro atoms. The smallest absolute Gasteiger partial charge is 0.257 e. The third-order valence-electron chi connectivity index (χ3n) is 4.71. The summed E-state index contributed by atoms with van der Waals surface area (Å²) >= 11 is 0. The molecular weight excluding hydrogens is 316 g/mol. The first-order valence-electron chi connectivity index (χ1n) is 8.47. The summed E-state index contributed by atoms with van der Waals surface area (Å²) in [6.07, 6.45) is 8.98. The first-order valence-corrected chi connectivity index (χ1v) is 8.47. The van der Waals surface area contributed by atoms with Crippen molar-refractivity contribution < 1.29 is 4.79 Å². The van der Waals surface area contributed by atoms with Crippen LogP contribution in [0.15, 0.2) is 43.1 Å². The highest BCUT2D eigenvalue weighted by Gasteiger charge is 2.27. The molecular formula is C18H20N6O. The summed E-state index contributed by atoms with van der Waals surface area (Å²) in [5.74, 6) is 1.14. The quantitative estimate of drug-likeness (QED) is 0.796. The SMILES string of the molecule is Cc1[nH]ncc1C(=O)N1CCCC(c2cccc(-n3ccnc3)n2)C1. The Bertz CT molecular complexity index is 869. The molecule has 128 valence electrons. The first-order chi connectivity index (χ1) is 12.2. The Balaban J connectivity index is 1.55. The van der Waals surface area contributed by atoms with E-state index in [0.717, 1.165) is 36.6 Å². The molecule has 1 fully saturated rings. The predicted molar refractivity (Wildman–Crippen MR) is 92.6 cm³/mol. The number of carbonyl (C=O) groups is 1. The molecule has 4 rings (SSSR count). The highest BCUT2D eigenvalue weighted by atomic mass is 16.2. The Labute approximate surface area is 145 Å². The number of imidazole rings is 1. The van der Waals surface area contributed by atoms with Crippen molar-refractivity contribution in [3.05, 3.63) is 60.1 Å². The Kier molecular flexibility index (Phi) is 4.05. The van der Waals surface area contributed by atoms with Gasteiger partial charge in [-0.15, -0.1) is 0 Å². The van der Waals surface area contributed by atoms with Gasteiger partial charge in [0.05, 0.1) is 11.8 Å². The zero-order chi connectivity index (χ0) is 17.2. The topological polar surface area (TPSA) is 79.7 Å². The fourth-order valence-corrected chi connectivity index (χ4v) is 3.35. The predicted octanol–water partition coefficient (Wildman–Crippen LogP) is 2.32. The van der Waals surface area contributed by atoms with Gasteiger partial charge in [-0.2, -0.15) is 5.10 Å². The van der Waals surface area contributed by atoms with Gasteiger partial charge in [-0.1, -0.05) is 6.07 Å². The molecule has 3 aromatic heterocycles.